The van der Waals surface area contributed by atoms with Gasteiger partial charge in [0.1, 0.15) is 0 Å². The minimum absolute atomic E-state index is 0. The number of halogens is 2. The van der Waals surface area contributed by atoms with E-state index in [1.54, 1.807) is 12.1 Å². The fraction of sp³-hybridized carbons (Fsp3) is 0.333. The van der Waals surface area contributed by atoms with Gasteiger partial charge in [0.25, 0.3) is 0 Å². The number of benzene rings is 1. The minimum Gasteiger partial charge on any atom is -1.00 e. The van der Waals surface area contributed by atoms with Crippen LogP contribution in [0.15, 0.2) is 24.3 Å². The van der Waals surface area contributed by atoms with Gasteiger partial charge in [0.2, 0.25) is 0 Å². The molecule has 2 nitrogen and oxygen atoms in total. The maximum Gasteiger partial charge on any atom is 2.00 e. The largest absolute Gasteiger partial charge is 2.00 e. The molecule has 0 unspecified atom stereocenters. The second-order valence-corrected chi connectivity index (χ2v) is 3.70. The molecular formula is C9H11Cl2Mg2O2P. The van der Waals surface area contributed by atoms with E-state index in [0.717, 1.165) is 12.8 Å². The second kappa shape index (κ2) is 14.7. The standard InChI is InChI=1S/C9H11O2P.2ClH.2Mg/c1-2-3-8-4-6-9(7-5-8)12(10)11;;;;/h4-7H,2-3H2,1H3;2*1H;;/q-2;;;2*+2/p-2. The third-order valence-electron chi connectivity index (χ3n) is 1.69. The zero-order valence-electron chi connectivity index (χ0n) is 9.16. The summed E-state index contributed by atoms with van der Waals surface area (Å²) in [4.78, 5) is 21.0. The van der Waals surface area contributed by atoms with Gasteiger partial charge in [-0.2, -0.15) is 0 Å². The summed E-state index contributed by atoms with van der Waals surface area (Å²) in [5.74, 6) is 0. The van der Waals surface area contributed by atoms with Crippen molar-refractivity contribution in [2.75, 3.05) is 0 Å². The Kier molecular flexibility index (Phi) is 24.2. The van der Waals surface area contributed by atoms with Crippen LogP contribution in [0.1, 0.15) is 18.9 Å². The zero-order valence-corrected chi connectivity index (χ0v) is 14.4. The topological polar surface area (TPSA) is 46.1 Å². The van der Waals surface area contributed by atoms with E-state index in [4.69, 9.17) is 0 Å². The van der Waals surface area contributed by atoms with Crippen molar-refractivity contribution in [3.8, 4) is 0 Å². The molecule has 0 amide bonds. The summed E-state index contributed by atoms with van der Waals surface area (Å²) in [5, 5.41) is 0.393. The molecule has 16 heavy (non-hydrogen) atoms. The van der Waals surface area contributed by atoms with Crippen molar-refractivity contribution in [1.29, 1.82) is 0 Å². The summed E-state index contributed by atoms with van der Waals surface area (Å²) < 4.78 is 0. The Morgan fingerprint density at radius 3 is 1.75 bits per heavy atom. The van der Waals surface area contributed by atoms with E-state index in [1.807, 2.05) is 12.1 Å². The molecule has 7 heteroatoms. The molecule has 0 spiro atoms. The molecule has 0 heterocycles. The van der Waals surface area contributed by atoms with E-state index < -0.39 is 8.38 Å². The van der Waals surface area contributed by atoms with Crippen molar-refractivity contribution in [3.05, 3.63) is 29.8 Å². The molecule has 1 aromatic carbocycles. The summed E-state index contributed by atoms with van der Waals surface area (Å²) in [7, 11) is -2.42. The maximum absolute atomic E-state index is 10.5. The van der Waals surface area contributed by atoms with E-state index in [-0.39, 0.29) is 70.9 Å². The first-order chi connectivity index (χ1) is 5.74. The van der Waals surface area contributed by atoms with Gasteiger partial charge in [-0.15, -0.1) is 0 Å². The first-order valence-electron chi connectivity index (χ1n) is 3.97. The third kappa shape index (κ3) is 9.69. The van der Waals surface area contributed by atoms with Gasteiger partial charge in [-0.25, -0.2) is 0 Å². The van der Waals surface area contributed by atoms with Crippen LogP contribution in [0.2, 0.25) is 0 Å². The molecule has 0 radical (unpaired) electrons. The van der Waals surface area contributed by atoms with Crippen LogP contribution in [0.25, 0.3) is 0 Å². The number of aryl methyl sites for hydroxylation is 1. The molecule has 0 saturated heterocycles. The molecule has 0 aromatic heterocycles. The number of hydrogen-bond donors (Lipinski definition) is 0. The van der Waals surface area contributed by atoms with Crippen LogP contribution in [0.4, 0.5) is 0 Å². The van der Waals surface area contributed by atoms with Gasteiger partial charge >= 0.3 is 46.1 Å². The number of rotatable bonds is 3. The van der Waals surface area contributed by atoms with E-state index >= 15 is 0 Å². The van der Waals surface area contributed by atoms with E-state index in [1.165, 1.54) is 5.56 Å². The Hall–Kier alpha value is 1.68. The van der Waals surface area contributed by atoms with Crippen LogP contribution in [-0.2, 0) is 6.42 Å². The average molecular weight is 302 g/mol. The summed E-state index contributed by atoms with van der Waals surface area (Å²) in [5.41, 5.74) is 1.19. The molecule has 0 aliphatic carbocycles. The first kappa shape index (κ1) is 26.3. The smallest absolute Gasteiger partial charge is 1.00 e. The third-order valence-corrected chi connectivity index (χ3v) is 2.41. The van der Waals surface area contributed by atoms with Gasteiger partial charge in [0, 0.05) is 0 Å². The predicted molar refractivity (Wildman–Crippen MR) is 58.5 cm³/mol. The van der Waals surface area contributed by atoms with Crippen LogP contribution in [0.3, 0.4) is 0 Å². The van der Waals surface area contributed by atoms with Crippen LogP contribution in [0, 0.1) is 0 Å². The van der Waals surface area contributed by atoms with Gasteiger partial charge in [-0.1, -0.05) is 42.9 Å². The molecule has 0 N–H and O–H groups in total. The van der Waals surface area contributed by atoms with Crippen molar-refractivity contribution < 1.29 is 34.6 Å². The Morgan fingerprint density at radius 2 is 1.44 bits per heavy atom. The Morgan fingerprint density at radius 1 is 1.00 bits per heavy atom. The molecule has 82 valence electrons. The molecule has 0 atom stereocenters. The summed E-state index contributed by atoms with van der Waals surface area (Å²) >= 11 is 0. The van der Waals surface area contributed by atoms with Gasteiger partial charge in [0.05, 0.1) is 0 Å². The SMILES string of the molecule is CCCc1ccc(P([O-])[O-])cc1.[Cl-].[Cl-].[Mg+2].[Mg+2]. The van der Waals surface area contributed by atoms with Gasteiger partial charge in [-0.3, -0.25) is 8.38 Å². The summed E-state index contributed by atoms with van der Waals surface area (Å²) in [6.07, 6.45) is 2.10. The Bertz CT molecular complexity index is 248. The van der Waals surface area contributed by atoms with Crippen LogP contribution >= 0.6 is 8.38 Å². The molecule has 1 rings (SSSR count). The predicted octanol–water partition coefficient (Wildman–Crippen LogP) is -6.46. The molecular weight excluding hydrogens is 291 g/mol. The Labute approximate surface area is 143 Å². The van der Waals surface area contributed by atoms with E-state index in [0.29, 0.717) is 5.30 Å². The quantitative estimate of drug-likeness (QED) is 0.412. The molecule has 0 fully saturated rings. The first-order valence-corrected chi connectivity index (χ1v) is 5.15. The van der Waals surface area contributed by atoms with E-state index in [2.05, 4.69) is 6.92 Å². The van der Waals surface area contributed by atoms with E-state index in [9.17, 15) is 9.79 Å². The summed E-state index contributed by atoms with van der Waals surface area (Å²) in [6.45, 7) is 2.10. The van der Waals surface area contributed by atoms with Crippen LogP contribution in [-0.4, -0.2) is 46.1 Å². The average Bonchev–Trinajstić information content (AvgIpc) is 2.06. The normalized spacial score (nSPS) is 8.00. The van der Waals surface area contributed by atoms with Crippen molar-refractivity contribution in [2.24, 2.45) is 0 Å². The minimum atomic E-state index is -2.42. The molecule has 0 aliphatic rings. The molecule has 1 aromatic rings. The number of hydrogen-bond acceptors (Lipinski definition) is 2. The van der Waals surface area contributed by atoms with Crippen molar-refractivity contribution in [1.82, 2.24) is 0 Å². The second-order valence-electron chi connectivity index (χ2n) is 2.67. The van der Waals surface area contributed by atoms with Crippen molar-refractivity contribution in [2.45, 2.75) is 19.8 Å². The van der Waals surface area contributed by atoms with Crippen molar-refractivity contribution in [3.63, 3.8) is 0 Å². The van der Waals surface area contributed by atoms with Gasteiger partial charge < -0.3 is 34.6 Å². The van der Waals surface area contributed by atoms with Crippen LogP contribution < -0.4 is 39.9 Å². The van der Waals surface area contributed by atoms with Crippen LogP contribution in [0.5, 0.6) is 0 Å². The zero-order chi connectivity index (χ0) is 8.97. The van der Waals surface area contributed by atoms with Gasteiger partial charge in [-0.05, 0) is 12.0 Å². The maximum atomic E-state index is 10.5. The van der Waals surface area contributed by atoms with Crippen molar-refractivity contribution >= 4 is 59.8 Å². The fourth-order valence-corrected chi connectivity index (χ4v) is 1.47. The molecule has 0 saturated carbocycles. The fourth-order valence-electron chi connectivity index (χ4n) is 1.07. The molecule has 0 bridgehead atoms. The monoisotopic (exact) mass is 300 g/mol. The Balaban J connectivity index is -0.000000180. The van der Waals surface area contributed by atoms with Gasteiger partial charge in [0.15, 0.2) is 0 Å². The molecule has 0 aliphatic heterocycles. The summed E-state index contributed by atoms with van der Waals surface area (Å²) in [6, 6.07) is 7.03.